The van der Waals surface area contributed by atoms with Crippen molar-refractivity contribution in [1.82, 2.24) is 20.4 Å². The Morgan fingerprint density at radius 3 is 2.71 bits per heavy atom. The number of carbonyl (C=O) groups excluding carboxylic acids is 2. The molecule has 1 atom stereocenters. The Balaban J connectivity index is 1.34. The number of piperazine rings is 1. The number of amides is 2. The zero-order valence-electron chi connectivity index (χ0n) is 16.6. The van der Waals surface area contributed by atoms with Crippen LogP contribution < -0.4 is 15.4 Å². The fraction of sp³-hybridized carbons (Fsp3) is 0.619. The first-order valence-electron chi connectivity index (χ1n) is 10.4. The van der Waals surface area contributed by atoms with E-state index in [2.05, 4.69) is 15.5 Å². The quantitative estimate of drug-likeness (QED) is 0.642. The first kappa shape index (κ1) is 20.6. The molecule has 1 unspecified atom stereocenters. The lowest BCUT2D eigenvalue weighted by Gasteiger charge is -2.32. The van der Waals surface area contributed by atoms with E-state index < -0.39 is 0 Å². The van der Waals surface area contributed by atoms with Gasteiger partial charge in [-0.05, 0) is 37.9 Å². The lowest BCUT2D eigenvalue weighted by Crippen LogP contribution is -2.47. The standard InChI is InChI=1S/C21H32N4O3/c26-20(17-28-19-7-2-1-3-8-19)25-13-4-6-18(16-25)21(27)23-9-5-12-24-14-10-22-11-15-24/h1-3,7-8,18,22H,4-6,9-17H2,(H,23,27). The van der Waals surface area contributed by atoms with Crippen molar-refractivity contribution in [1.29, 1.82) is 0 Å². The summed E-state index contributed by atoms with van der Waals surface area (Å²) in [5.41, 5.74) is 0. The van der Waals surface area contributed by atoms with Crippen LogP contribution in [0.2, 0.25) is 0 Å². The molecule has 2 amide bonds. The summed E-state index contributed by atoms with van der Waals surface area (Å²) in [5.74, 6) is 0.585. The van der Waals surface area contributed by atoms with Crippen LogP contribution in [0.4, 0.5) is 0 Å². The summed E-state index contributed by atoms with van der Waals surface area (Å²) in [7, 11) is 0. The topological polar surface area (TPSA) is 73.9 Å². The Morgan fingerprint density at radius 2 is 1.93 bits per heavy atom. The number of para-hydroxylation sites is 1. The zero-order chi connectivity index (χ0) is 19.6. The van der Waals surface area contributed by atoms with Gasteiger partial charge < -0.3 is 25.2 Å². The lowest BCUT2D eigenvalue weighted by atomic mass is 9.97. The van der Waals surface area contributed by atoms with Crippen molar-refractivity contribution >= 4 is 11.8 Å². The molecule has 2 N–H and O–H groups in total. The molecular weight excluding hydrogens is 356 g/mol. The molecule has 7 heteroatoms. The number of ether oxygens (including phenoxy) is 1. The highest BCUT2D eigenvalue weighted by Crippen LogP contribution is 2.17. The van der Waals surface area contributed by atoms with Gasteiger partial charge in [-0.25, -0.2) is 0 Å². The van der Waals surface area contributed by atoms with Crippen molar-refractivity contribution in [2.45, 2.75) is 19.3 Å². The van der Waals surface area contributed by atoms with Crippen LogP contribution in [0, 0.1) is 5.92 Å². The lowest BCUT2D eigenvalue weighted by molar-refractivity contribution is -0.137. The molecule has 1 aromatic carbocycles. The maximum absolute atomic E-state index is 12.5. The minimum absolute atomic E-state index is 0.0169. The van der Waals surface area contributed by atoms with Gasteiger partial charge in [0.15, 0.2) is 6.61 Å². The third-order valence-corrected chi connectivity index (χ3v) is 5.41. The van der Waals surface area contributed by atoms with Crippen LogP contribution in [0.3, 0.4) is 0 Å². The minimum atomic E-state index is -0.117. The van der Waals surface area contributed by atoms with E-state index in [1.54, 1.807) is 4.90 Å². The smallest absolute Gasteiger partial charge is 0.260 e. The number of benzene rings is 1. The van der Waals surface area contributed by atoms with Crippen LogP contribution in [-0.2, 0) is 9.59 Å². The molecule has 2 heterocycles. The molecule has 0 radical (unpaired) electrons. The SMILES string of the molecule is O=C(NCCCN1CCNCC1)C1CCCN(C(=O)COc2ccccc2)C1. The van der Waals surface area contributed by atoms with Gasteiger partial charge in [0.05, 0.1) is 5.92 Å². The molecule has 0 saturated carbocycles. The molecule has 0 aliphatic carbocycles. The van der Waals surface area contributed by atoms with E-state index in [-0.39, 0.29) is 24.3 Å². The average Bonchev–Trinajstić information content (AvgIpc) is 2.76. The summed E-state index contributed by atoms with van der Waals surface area (Å²) in [6, 6.07) is 9.33. The maximum Gasteiger partial charge on any atom is 0.260 e. The van der Waals surface area contributed by atoms with Crippen molar-refractivity contribution in [3.63, 3.8) is 0 Å². The van der Waals surface area contributed by atoms with E-state index >= 15 is 0 Å². The number of piperidine rings is 1. The number of likely N-dealkylation sites (tertiary alicyclic amines) is 1. The van der Waals surface area contributed by atoms with Crippen molar-refractivity contribution in [2.24, 2.45) is 5.92 Å². The third-order valence-electron chi connectivity index (χ3n) is 5.41. The number of hydrogen-bond donors (Lipinski definition) is 2. The molecule has 1 aromatic rings. The average molecular weight is 389 g/mol. The van der Waals surface area contributed by atoms with E-state index in [1.165, 1.54) is 0 Å². The summed E-state index contributed by atoms with van der Waals surface area (Å²) in [4.78, 5) is 29.1. The van der Waals surface area contributed by atoms with Crippen LogP contribution in [0.25, 0.3) is 0 Å². The van der Waals surface area contributed by atoms with Gasteiger partial charge in [-0.1, -0.05) is 18.2 Å². The largest absolute Gasteiger partial charge is 0.484 e. The summed E-state index contributed by atoms with van der Waals surface area (Å²) in [5, 5.41) is 6.40. The van der Waals surface area contributed by atoms with Crippen LogP contribution >= 0.6 is 0 Å². The monoisotopic (exact) mass is 388 g/mol. The van der Waals surface area contributed by atoms with Crippen LogP contribution in [-0.4, -0.2) is 80.6 Å². The second-order valence-corrected chi connectivity index (χ2v) is 7.52. The molecule has 0 bridgehead atoms. The van der Waals surface area contributed by atoms with Gasteiger partial charge in [-0.15, -0.1) is 0 Å². The predicted octanol–water partition coefficient (Wildman–Crippen LogP) is 0.716. The fourth-order valence-corrected chi connectivity index (χ4v) is 3.76. The first-order valence-corrected chi connectivity index (χ1v) is 10.4. The van der Waals surface area contributed by atoms with E-state index in [4.69, 9.17) is 4.74 Å². The second-order valence-electron chi connectivity index (χ2n) is 7.52. The van der Waals surface area contributed by atoms with Gasteiger partial charge in [0.25, 0.3) is 5.91 Å². The Labute approximate surface area is 167 Å². The maximum atomic E-state index is 12.5. The van der Waals surface area contributed by atoms with Crippen molar-refractivity contribution in [3.8, 4) is 5.75 Å². The highest BCUT2D eigenvalue weighted by molar-refractivity contribution is 5.81. The molecule has 2 aliphatic rings. The molecular formula is C21H32N4O3. The predicted molar refractivity (Wildman–Crippen MR) is 108 cm³/mol. The van der Waals surface area contributed by atoms with E-state index in [1.807, 2.05) is 30.3 Å². The minimum Gasteiger partial charge on any atom is -0.484 e. The van der Waals surface area contributed by atoms with Gasteiger partial charge in [0.1, 0.15) is 5.75 Å². The van der Waals surface area contributed by atoms with Gasteiger partial charge in [-0.2, -0.15) is 0 Å². The Hall–Kier alpha value is -2.12. The van der Waals surface area contributed by atoms with E-state index in [9.17, 15) is 9.59 Å². The Kier molecular flexibility index (Phi) is 8.11. The van der Waals surface area contributed by atoms with Gasteiger partial charge in [0.2, 0.25) is 5.91 Å². The highest BCUT2D eigenvalue weighted by atomic mass is 16.5. The van der Waals surface area contributed by atoms with Crippen molar-refractivity contribution in [3.05, 3.63) is 30.3 Å². The zero-order valence-corrected chi connectivity index (χ0v) is 16.6. The molecule has 2 aliphatic heterocycles. The summed E-state index contributed by atoms with van der Waals surface area (Å²) in [6.45, 7) is 7.18. The Morgan fingerprint density at radius 1 is 1.14 bits per heavy atom. The third kappa shape index (κ3) is 6.49. The van der Waals surface area contributed by atoms with Gasteiger partial charge >= 0.3 is 0 Å². The number of nitrogens with one attached hydrogen (secondary N) is 2. The molecule has 2 saturated heterocycles. The van der Waals surface area contributed by atoms with Crippen LogP contribution in [0.1, 0.15) is 19.3 Å². The molecule has 3 rings (SSSR count). The molecule has 2 fully saturated rings. The molecule has 0 aromatic heterocycles. The van der Waals surface area contributed by atoms with Gasteiger partial charge in [0, 0.05) is 45.8 Å². The first-order chi connectivity index (χ1) is 13.7. The summed E-state index contributed by atoms with van der Waals surface area (Å²) in [6.07, 6.45) is 2.66. The normalized spacial score (nSPS) is 20.6. The number of hydrogen-bond acceptors (Lipinski definition) is 5. The van der Waals surface area contributed by atoms with Gasteiger partial charge in [-0.3, -0.25) is 9.59 Å². The number of nitrogens with zero attached hydrogens (tertiary/aromatic N) is 2. The fourth-order valence-electron chi connectivity index (χ4n) is 3.76. The van der Waals surface area contributed by atoms with Crippen molar-refractivity contribution in [2.75, 3.05) is 59.0 Å². The summed E-state index contributed by atoms with van der Waals surface area (Å²) >= 11 is 0. The van der Waals surface area contributed by atoms with Crippen molar-refractivity contribution < 1.29 is 14.3 Å². The number of rotatable bonds is 8. The molecule has 7 nitrogen and oxygen atoms in total. The molecule has 0 spiro atoms. The summed E-state index contributed by atoms with van der Waals surface area (Å²) < 4.78 is 5.55. The van der Waals surface area contributed by atoms with E-state index in [0.29, 0.717) is 25.4 Å². The second kappa shape index (κ2) is 11.0. The Bertz CT molecular complexity index is 619. The highest BCUT2D eigenvalue weighted by Gasteiger charge is 2.28. The molecule has 28 heavy (non-hydrogen) atoms. The molecule has 154 valence electrons. The van der Waals surface area contributed by atoms with Crippen LogP contribution in [0.15, 0.2) is 30.3 Å². The number of carbonyl (C=O) groups is 2. The van der Waals surface area contributed by atoms with E-state index in [0.717, 1.165) is 52.0 Å². The van der Waals surface area contributed by atoms with Crippen LogP contribution in [0.5, 0.6) is 5.75 Å².